The van der Waals surface area contributed by atoms with Crippen molar-refractivity contribution in [3.05, 3.63) is 62.8 Å². The number of benzene rings is 1. The van der Waals surface area contributed by atoms with Gasteiger partial charge in [-0.1, -0.05) is 11.6 Å². The predicted octanol–water partition coefficient (Wildman–Crippen LogP) is 2.70. The zero-order valence-corrected chi connectivity index (χ0v) is 23.7. The van der Waals surface area contributed by atoms with E-state index in [9.17, 15) is 29.3 Å². The number of aromatic nitrogens is 1. The number of thiazole rings is 1. The van der Waals surface area contributed by atoms with Gasteiger partial charge in [0.1, 0.15) is 35.5 Å². The fourth-order valence-corrected chi connectivity index (χ4v) is 6.53. The molecule has 42 heavy (non-hydrogen) atoms. The number of rotatable bonds is 11. The topological polar surface area (TPSA) is 182 Å². The number of hydrogen-bond acceptors (Lipinski definition) is 12. The summed E-state index contributed by atoms with van der Waals surface area (Å²) in [5.41, 5.74) is 0.594. The molecule has 1 aromatic carbocycles. The van der Waals surface area contributed by atoms with Crippen molar-refractivity contribution in [1.82, 2.24) is 15.2 Å². The molecular formula is C26H26N6O8S2. The molecule has 2 N–H and O–H groups in total. The Balaban J connectivity index is 1.23. The van der Waals surface area contributed by atoms with Crippen molar-refractivity contribution in [1.29, 1.82) is 0 Å². The molecule has 0 radical (unpaired) electrons. The van der Waals surface area contributed by atoms with Crippen LogP contribution in [0.3, 0.4) is 0 Å². The standard InChI is InChI=1S/C26H26N6O8S2/c33-14-27-26-28-18(13-42-26)20(30-40-17-4-2-1-3-5-17)22(34)29-21-23(35)31-19(10-11-41-24(21)31)25(36)39-12-15-6-8-16(9-7-15)32(37)38/h6-10,13-14,17,21,24H,1-5,11-12H2,(H,29,34)(H,27,28,33)/t21?,24-/m0/s1. The largest absolute Gasteiger partial charge is 0.456 e. The van der Waals surface area contributed by atoms with Crippen LogP contribution in [0, 0.1) is 10.1 Å². The number of amides is 3. The van der Waals surface area contributed by atoms with Gasteiger partial charge < -0.3 is 20.2 Å². The molecule has 220 valence electrons. The molecule has 3 heterocycles. The maximum Gasteiger partial charge on any atom is 0.355 e. The second kappa shape index (κ2) is 13.1. The summed E-state index contributed by atoms with van der Waals surface area (Å²) < 4.78 is 5.35. The molecule has 3 amide bonds. The van der Waals surface area contributed by atoms with Crippen molar-refractivity contribution in [2.75, 3.05) is 11.1 Å². The predicted molar refractivity (Wildman–Crippen MR) is 152 cm³/mol. The highest BCUT2D eigenvalue weighted by Crippen LogP contribution is 2.38. The molecule has 3 aliphatic rings. The molecule has 5 rings (SSSR count). The molecule has 14 nitrogen and oxygen atoms in total. The Morgan fingerprint density at radius 2 is 1.98 bits per heavy atom. The summed E-state index contributed by atoms with van der Waals surface area (Å²) in [4.78, 5) is 71.7. The Morgan fingerprint density at radius 3 is 2.69 bits per heavy atom. The number of β-lactam (4-membered cyclic amide) rings is 1. The number of nitro benzene ring substituents is 1. The molecule has 1 unspecified atom stereocenters. The van der Waals surface area contributed by atoms with Crippen molar-refractivity contribution >= 4 is 63.8 Å². The van der Waals surface area contributed by atoms with Crippen LogP contribution in [0.4, 0.5) is 10.8 Å². The van der Waals surface area contributed by atoms with E-state index in [1.54, 1.807) is 11.5 Å². The van der Waals surface area contributed by atoms with Crippen molar-refractivity contribution in [3.8, 4) is 0 Å². The van der Waals surface area contributed by atoms with Gasteiger partial charge in [-0.2, -0.15) is 0 Å². The lowest BCUT2D eigenvalue weighted by atomic mass is 9.98. The quantitative estimate of drug-likeness (QED) is 0.0953. The maximum absolute atomic E-state index is 13.4. The molecule has 1 aromatic heterocycles. The monoisotopic (exact) mass is 614 g/mol. The summed E-state index contributed by atoms with van der Waals surface area (Å²) in [5.74, 6) is -1.49. The van der Waals surface area contributed by atoms with Gasteiger partial charge in [-0.3, -0.25) is 29.4 Å². The summed E-state index contributed by atoms with van der Waals surface area (Å²) in [7, 11) is 0. The van der Waals surface area contributed by atoms with Gasteiger partial charge in [0.2, 0.25) is 6.41 Å². The van der Waals surface area contributed by atoms with Crippen LogP contribution in [0.2, 0.25) is 0 Å². The molecule has 1 saturated heterocycles. The van der Waals surface area contributed by atoms with Gasteiger partial charge in [0.05, 0.1) is 4.92 Å². The molecule has 0 spiro atoms. The Morgan fingerprint density at radius 1 is 1.21 bits per heavy atom. The Labute approximate surface area is 247 Å². The third-order valence-corrected chi connectivity index (χ3v) is 8.81. The van der Waals surface area contributed by atoms with E-state index in [4.69, 9.17) is 9.57 Å². The first kappa shape index (κ1) is 29.2. The Kier molecular flexibility index (Phi) is 9.12. The molecule has 2 atom stereocenters. The van der Waals surface area contributed by atoms with Gasteiger partial charge in [0, 0.05) is 23.3 Å². The van der Waals surface area contributed by atoms with Crippen LogP contribution < -0.4 is 10.6 Å². The molecule has 2 aliphatic heterocycles. The number of non-ortho nitro benzene ring substituents is 1. The smallest absolute Gasteiger partial charge is 0.355 e. The van der Waals surface area contributed by atoms with E-state index < -0.39 is 34.1 Å². The number of oxime groups is 1. The third kappa shape index (κ3) is 6.44. The minimum absolute atomic E-state index is 0.0646. The van der Waals surface area contributed by atoms with Crippen LogP contribution >= 0.6 is 23.1 Å². The Bertz CT molecular complexity index is 1440. The van der Waals surface area contributed by atoms with Crippen molar-refractivity contribution in [3.63, 3.8) is 0 Å². The van der Waals surface area contributed by atoms with Gasteiger partial charge in [0.15, 0.2) is 10.8 Å². The maximum atomic E-state index is 13.4. The van der Waals surface area contributed by atoms with Crippen molar-refractivity contribution < 1.29 is 33.7 Å². The summed E-state index contributed by atoms with van der Waals surface area (Å²) in [6.07, 6.45) is 6.68. The van der Waals surface area contributed by atoms with Crippen LogP contribution in [0.25, 0.3) is 0 Å². The fraction of sp³-hybridized carbons (Fsp3) is 0.385. The van der Waals surface area contributed by atoms with Gasteiger partial charge in [-0.15, -0.1) is 23.1 Å². The molecule has 2 fully saturated rings. The van der Waals surface area contributed by atoms with Crippen LogP contribution in [0.5, 0.6) is 0 Å². The zero-order chi connectivity index (χ0) is 29.6. The number of ether oxygens (including phenoxy) is 1. The first-order chi connectivity index (χ1) is 20.4. The zero-order valence-electron chi connectivity index (χ0n) is 22.1. The van der Waals surface area contributed by atoms with E-state index in [0.717, 1.165) is 43.4 Å². The number of carbonyl (C=O) groups is 4. The first-order valence-corrected chi connectivity index (χ1v) is 15.0. The SMILES string of the molecule is O=CNc1nc(C(=NOC2CCCCC2)C(=O)NC2C(=O)N3C(C(=O)OCc4ccc([N+](=O)[O-])cc4)=CCS[C@@H]23)cs1. The third-order valence-electron chi connectivity index (χ3n) is 6.85. The highest BCUT2D eigenvalue weighted by atomic mass is 32.2. The van der Waals surface area contributed by atoms with Crippen molar-refractivity contribution in [2.45, 2.75) is 56.2 Å². The highest BCUT2D eigenvalue weighted by Gasteiger charge is 2.53. The summed E-state index contributed by atoms with van der Waals surface area (Å²) >= 11 is 2.48. The second-order valence-corrected chi connectivity index (χ2v) is 11.6. The number of hydrogen-bond donors (Lipinski definition) is 2. The second-order valence-electron chi connectivity index (χ2n) is 9.58. The number of nitro groups is 1. The molecule has 1 aliphatic carbocycles. The number of nitrogens with one attached hydrogen (secondary N) is 2. The average Bonchev–Trinajstić information content (AvgIpc) is 3.47. The van der Waals surface area contributed by atoms with Gasteiger partial charge in [0.25, 0.3) is 17.5 Å². The molecule has 2 aromatic rings. The highest BCUT2D eigenvalue weighted by molar-refractivity contribution is 8.00. The van der Waals surface area contributed by atoms with Crippen molar-refractivity contribution in [2.24, 2.45) is 5.16 Å². The van der Waals surface area contributed by atoms with Crippen LogP contribution in [-0.2, 0) is 35.4 Å². The number of nitrogens with zero attached hydrogens (tertiary/aromatic N) is 4. The van der Waals surface area contributed by atoms with E-state index in [-0.39, 0.29) is 40.6 Å². The van der Waals surface area contributed by atoms with Gasteiger partial charge >= 0.3 is 5.97 Å². The van der Waals surface area contributed by atoms with Gasteiger partial charge in [-0.05, 0) is 49.5 Å². The van der Waals surface area contributed by atoms with Crippen LogP contribution in [0.1, 0.15) is 43.4 Å². The van der Waals surface area contributed by atoms with E-state index in [2.05, 4.69) is 20.8 Å². The lowest BCUT2D eigenvalue weighted by Gasteiger charge is -2.48. The normalized spacial score (nSPS) is 20.5. The lowest BCUT2D eigenvalue weighted by molar-refractivity contribution is -0.384. The van der Waals surface area contributed by atoms with Crippen LogP contribution in [0.15, 0.2) is 46.6 Å². The summed E-state index contributed by atoms with van der Waals surface area (Å²) in [6.45, 7) is -0.135. The number of thioether (sulfide) groups is 1. The van der Waals surface area contributed by atoms with Crippen LogP contribution in [-0.4, -0.2) is 68.0 Å². The Hall–Kier alpha value is -4.31. The lowest BCUT2D eigenvalue weighted by Crippen LogP contribution is -2.70. The fourth-order valence-electron chi connectivity index (χ4n) is 4.68. The minimum atomic E-state index is -0.931. The number of fused-ring (bicyclic) bond motifs is 1. The molecule has 16 heteroatoms. The van der Waals surface area contributed by atoms with E-state index in [1.165, 1.54) is 40.9 Å². The summed E-state index contributed by atoms with van der Waals surface area (Å²) in [5, 5.41) is 21.4. The molecule has 1 saturated carbocycles. The number of esters is 1. The van der Waals surface area contributed by atoms with Gasteiger partial charge in [-0.25, -0.2) is 9.78 Å². The first-order valence-electron chi connectivity index (χ1n) is 13.1. The summed E-state index contributed by atoms with van der Waals surface area (Å²) in [6, 6.07) is 4.66. The average molecular weight is 615 g/mol. The number of anilines is 1. The molecule has 0 bridgehead atoms. The molecular weight excluding hydrogens is 588 g/mol. The minimum Gasteiger partial charge on any atom is -0.456 e. The van der Waals surface area contributed by atoms with E-state index in [0.29, 0.717) is 17.7 Å². The van der Waals surface area contributed by atoms with E-state index >= 15 is 0 Å². The number of carbonyl (C=O) groups excluding carboxylic acids is 4. The van der Waals surface area contributed by atoms with E-state index in [1.807, 2.05) is 0 Å².